The molecule has 8 heteroatoms. The second-order valence-corrected chi connectivity index (χ2v) is 6.49. The highest BCUT2D eigenvalue weighted by molar-refractivity contribution is 7.89. The molecule has 0 aliphatic heterocycles. The van der Waals surface area contributed by atoms with Crippen molar-refractivity contribution in [3.05, 3.63) is 24.0 Å². The van der Waals surface area contributed by atoms with E-state index in [1.807, 2.05) is 6.92 Å². The molecule has 1 N–H and O–H groups in total. The number of pyridine rings is 1. The lowest BCUT2D eigenvalue weighted by atomic mass is 9.83. The topological polar surface area (TPSA) is 59.1 Å². The van der Waals surface area contributed by atoms with Gasteiger partial charge in [0.05, 0.1) is 0 Å². The Balaban J connectivity index is 2.13. The summed E-state index contributed by atoms with van der Waals surface area (Å²) in [5.41, 5.74) is -1.11. The summed E-state index contributed by atoms with van der Waals surface area (Å²) in [7, 11) is -3.79. The van der Waals surface area contributed by atoms with Crippen LogP contribution in [-0.2, 0) is 16.2 Å². The molecule has 0 amide bonds. The van der Waals surface area contributed by atoms with Gasteiger partial charge in [0.2, 0.25) is 10.0 Å². The van der Waals surface area contributed by atoms with Gasteiger partial charge in [-0.25, -0.2) is 13.1 Å². The third kappa shape index (κ3) is 3.24. The Morgan fingerprint density at radius 3 is 2.37 bits per heavy atom. The SMILES string of the molecule is CC1CC(NS(=O)(=O)c2ccc(C(F)(F)F)nc2)C1. The van der Waals surface area contributed by atoms with Crippen LogP contribution in [-0.4, -0.2) is 19.4 Å². The molecule has 0 saturated heterocycles. The molecule has 0 atom stereocenters. The summed E-state index contributed by atoms with van der Waals surface area (Å²) in [4.78, 5) is 2.89. The van der Waals surface area contributed by atoms with Crippen molar-refractivity contribution in [2.75, 3.05) is 0 Å². The minimum Gasteiger partial charge on any atom is -0.250 e. The highest BCUT2D eigenvalue weighted by atomic mass is 32.2. The molecule has 0 radical (unpaired) electrons. The van der Waals surface area contributed by atoms with E-state index < -0.39 is 21.9 Å². The zero-order valence-corrected chi connectivity index (χ0v) is 10.9. The summed E-state index contributed by atoms with van der Waals surface area (Å²) in [5.74, 6) is 0.471. The fourth-order valence-corrected chi connectivity index (χ4v) is 3.20. The van der Waals surface area contributed by atoms with Crippen LogP contribution in [0, 0.1) is 5.92 Å². The fourth-order valence-electron chi connectivity index (χ4n) is 1.99. The van der Waals surface area contributed by atoms with Crippen LogP contribution < -0.4 is 4.72 Å². The number of hydrogen-bond acceptors (Lipinski definition) is 3. The zero-order valence-electron chi connectivity index (χ0n) is 10.1. The van der Waals surface area contributed by atoms with Crippen LogP contribution in [0.2, 0.25) is 0 Å². The number of halogens is 3. The quantitative estimate of drug-likeness (QED) is 0.929. The van der Waals surface area contributed by atoms with Gasteiger partial charge < -0.3 is 0 Å². The maximum absolute atomic E-state index is 12.3. The molecular formula is C11H13F3N2O2S. The standard InChI is InChI=1S/C11H13F3N2O2S/c1-7-4-8(5-7)16-19(17,18)9-2-3-10(15-6-9)11(12,13)14/h2-3,6-8,16H,4-5H2,1H3. The minimum atomic E-state index is -4.57. The van der Waals surface area contributed by atoms with Gasteiger partial charge in [-0.3, -0.25) is 4.98 Å². The first-order valence-electron chi connectivity index (χ1n) is 5.74. The Labute approximate surface area is 109 Å². The highest BCUT2D eigenvalue weighted by Gasteiger charge is 2.33. The number of hydrogen-bond donors (Lipinski definition) is 1. The largest absolute Gasteiger partial charge is 0.433 e. The summed E-state index contributed by atoms with van der Waals surface area (Å²) in [5, 5.41) is 0. The predicted octanol–water partition coefficient (Wildman–Crippen LogP) is 2.18. The Bertz CT molecular complexity index is 548. The predicted molar refractivity (Wildman–Crippen MR) is 61.7 cm³/mol. The van der Waals surface area contributed by atoms with Crippen molar-refractivity contribution in [1.82, 2.24) is 9.71 Å². The minimum absolute atomic E-state index is 0.137. The average molecular weight is 294 g/mol. The third-order valence-corrected chi connectivity index (χ3v) is 4.54. The van der Waals surface area contributed by atoms with Crippen molar-refractivity contribution >= 4 is 10.0 Å². The first kappa shape index (κ1) is 14.3. The zero-order chi connectivity index (χ0) is 14.3. The van der Waals surface area contributed by atoms with Gasteiger partial charge in [-0.05, 0) is 30.9 Å². The maximum atomic E-state index is 12.3. The van der Waals surface area contributed by atoms with Gasteiger partial charge in [0.15, 0.2) is 0 Å². The van der Waals surface area contributed by atoms with Crippen LogP contribution in [0.1, 0.15) is 25.5 Å². The van der Waals surface area contributed by atoms with Crippen LogP contribution in [0.4, 0.5) is 13.2 Å². The summed E-state index contributed by atoms with van der Waals surface area (Å²) in [6.07, 6.45) is -2.35. The van der Waals surface area contributed by atoms with E-state index in [2.05, 4.69) is 9.71 Å². The number of alkyl halides is 3. The van der Waals surface area contributed by atoms with Crippen LogP contribution in [0.25, 0.3) is 0 Å². The van der Waals surface area contributed by atoms with Crippen molar-refractivity contribution in [1.29, 1.82) is 0 Å². The smallest absolute Gasteiger partial charge is 0.250 e. The van der Waals surface area contributed by atoms with E-state index in [4.69, 9.17) is 0 Å². The summed E-state index contributed by atoms with van der Waals surface area (Å²) >= 11 is 0. The first-order valence-corrected chi connectivity index (χ1v) is 7.22. The lowest BCUT2D eigenvalue weighted by molar-refractivity contribution is -0.141. The molecule has 0 bridgehead atoms. The summed E-state index contributed by atoms with van der Waals surface area (Å²) in [6.45, 7) is 2.00. The van der Waals surface area contributed by atoms with Crippen LogP contribution in [0.3, 0.4) is 0 Å². The van der Waals surface area contributed by atoms with E-state index in [1.165, 1.54) is 0 Å². The molecular weight excluding hydrogens is 281 g/mol. The van der Waals surface area contributed by atoms with E-state index >= 15 is 0 Å². The third-order valence-electron chi connectivity index (χ3n) is 3.03. The second-order valence-electron chi connectivity index (χ2n) is 4.77. The molecule has 1 heterocycles. The number of aromatic nitrogens is 1. The summed E-state index contributed by atoms with van der Waals surface area (Å²) < 4.78 is 63.1. The molecule has 0 unspecified atom stereocenters. The van der Waals surface area contributed by atoms with Gasteiger partial charge in [0.25, 0.3) is 0 Å². The number of sulfonamides is 1. The molecule has 106 valence electrons. The molecule has 1 aromatic rings. The van der Waals surface area contributed by atoms with E-state index in [0.29, 0.717) is 12.0 Å². The molecule has 1 fully saturated rings. The molecule has 4 nitrogen and oxygen atoms in total. The van der Waals surface area contributed by atoms with Gasteiger partial charge in [-0.2, -0.15) is 13.2 Å². The van der Waals surface area contributed by atoms with Crippen molar-refractivity contribution in [2.45, 2.75) is 36.9 Å². The molecule has 1 aromatic heterocycles. The lowest BCUT2D eigenvalue weighted by Crippen LogP contribution is -2.43. The maximum Gasteiger partial charge on any atom is 0.433 e. The molecule has 2 rings (SSSR count). The monoisotopic (exact) mass is 294 g/mol. The second kappa shape index (κ2) is 4.75. The van der Waals surface area contributed by atoms with Gasteiger partial charge in [-0.1, -0.05) is 6.92 Å². The normalized spacial score (nSPS) is 24.0. The number of nitrogens with one attached hydrogen (secondary N) is 1. The van der Waals surface area contributed by atoms with E-state index in [1.54, 1.807) is 0 Å². The van der Waals surface area contributed by atoms with Gasteiger partial charge in [0.1, 0.15) is 10.6 Å². The highest BCUT2D eigenvalue weighted by Crippen LogP contribution is 2.29. The lowest BCUT2D eigenvalue weighted by Gasteiger charge is -2.32. The molecule has 0 spiro atoms. The van der Waals surface area contributed by atoms with Crippen LogP contribution >= 0.6 is 0 Å². The fraction of sp³-hybridized carbons (Fsp3) is 0.545. The van der Waals surface area contributed by atoms with Crippen LogP contribution in [0.5, 0.6) is 0 Å². The number of nitrogens with zero attached hydrogens (tertiary/aromatic N) is 1. The number of rotatable bonds is 3. The first-order chi connectivity index (χ1) is 8.68. The van der Waals surface area contributed by atoms with E-state index in [0.717, 1.165) is 25.1 Å². The van der Waals surface area contributed by atoms with Crippen LogP contribution in [0.15, 0.2) is 23.2 Å². The van der Waals surface area contributed by atoms with E-state index in [9.17, 15) is 21.6 Å². The molecule has 1 aliphatic carbocycles. The molecule has 0 aromatic carbocycles. The van der Waals surface area contributed by atoms with E-state index in [-0.39, 0.29) is 10.9 Å². The van der Waals surface area contributed by atoms with Crippen molar-refractivity contribution in [3.63, 3.8) is 0 Å². The Hall–Kier alpha value is -1.15. The molecule has 19 heavy (non-hydrogen) atoms. The molecule has 1 aliphatic rings. The van der Waals surface area contributed by atoms with Gasteiger partial charge >= 0.3 is 6.18 Å². The Morgan fingerprint density at radius 1 is 1.32 bits per heavy atom. The van der Waals surface area contributed by atoms with Gasteiger partial charge in [0, 0.05) is 12.2 Å². The average Bonchev–Trinajstić information content (AvgIpc) is 2.26. The van der Waals surface area contributed by atoms with Gasteiger partial charge in [-0.15, -0.1) is 0 Å². The summed E-state index contributed by atoms with van der Waals surface area (Å²) in [6, 6.07) is 1.44. The Morgan fingerprint density at radius 2 is 1.95 bits per heavy atom. The van der Waals surface area contributed by atoms with Crippen molar-refractivity contribution in [3.8, 4) is 0 Å². The van der Waals surface area contributed by atoms with Crippen molar-refractivity contribution < 1.29 is 21.6 Å². The Kier molecular flexibility index (Phi) is 3.57. The molecule has 1 saturated carbocycles. The van der Waals surface area contributed by atoms with Crippen molar-refractivity contribution in [2.24, 2.45) is 5.92 Å².